The number of carbonyl (C=O) groups excluding carboxylic acids is 1. The SMILES string of the molecule is CCOC(=O)/C=C/CC1COC/C1=C(/c1ccc(OC)cc1)[Si](C)(C)C. The van der Waals surface area contributed by atoms with Gasteiger partial charge in [0.05, 0.1) is 35.0 Å². The maximum atomic E-state index is 11.5. The van der Waals surface area contributed by atoms with Crippen LogP contribution in [0.5, 0.6) is 5.75 Å². The summed E-state index contributed by atoms with van der Waals surface area (Å²) in [6.45, 7) is 10.7. The Balaban J connectivity index is 2.30. The molecule has 4 nitrogen and oxygen atoms in total. The lowest BCUT2D eigenvalue weighted by Gasteiger charge is -2.26. The highest BCUT2D eigenvalue weighted by atomic mass is 28.3. The van der Waals surface area contributed by atoms with Gasteiger partial charge in [-0.25, -0.2) is 4.79 Å². The average molecular weight is 375 g/mol. The second-order valence-corrected chi connectivity index (χ2v) is 12.5. The van der Waals surface area contributed by atoms with Gasteiger partial charge in [-0.3, -0.25) is 0 Å². The fourth-order valence-electron chi connectivity index (χ4n) is 3.39. The first kappa shape index (κ1) is 20.5. The Morgan fingerprint density at radius 1 is 1.27 bits per heavy atom. The molecule has 1 aliphatic rings. The van der Waals surface area contributed by atoms with E-state index in [0.29, 0.717) is 25.7 Å². The number of carbonyl (C=O) groups is 1. The van der Waals surface area contributed by atoms with E-state index in [-0.39, 0.29) is 5.97 Å². The topological polar surface area (TPSA) is 44.8 Å². The van der Waals surface area contributed by atoms with Crippen molar-refractivity contribution in [2.75, 3.05) is 26.9 Å². The summed E-state index contributed by atoms with van der Waals surface area (Å²) in [7, 11) is 0.0916. The molecule has 1 aromatic rings. The molecule has 0 saturated carbocycles. The number of benzene rings is 1. The summed E-state index contributed by atoms with van der Waals surface area (Å²) < 4.78 is 16.1. The van der Waals surface area contributed by atoms with E-state index >= 15 is 0 Å². The van der Waals surface area contributed by atoms with Crippen LogP contribution in [0.15, 0.2) is 42.0 Å². The van der Waals surface area contributed by atoms with Crippen molar-refractivity contribution in [3.05, 3.63) is 47.6 Å². The van der Waals surface area contributed by atoms with Crippen LogP contribution in [0.4, 0.5) is 0 Å². The van der Waals surface area contributed by atoms with Crippen LogP contribution in [0.1, 0.15) is 18.9 Å². The van der Waals surface area contributed by atoms with E-state index in [1.807, 2.05) is 25.1 Å². The number of hydrogen-bond donors (Lipinski definition) is 0. The van der Waals surface area contributed by atoms with Gasteiger partial charge in [-0.15, -0.1) is 0 Å². The molecule has 0 aliphatic carbocycles. The summed E-state index contributed by atoms with van der Waals surface area (Å²) in [5, 5.41) is 1.45. The zero-order chi connectivity index (χ0) is 19.2. The van der Waals surface area contributed by atoms with Gasteiger partial charge in [0.15, 0.2) is 0 Å². The van der Waals surface area contributed by atoms with E-state index in [4.69, 9.17) is 14.2 Å². The zero-order valence-electron chi connectivity index (χ0n) is 16.5. The highest BCUT2D eigenvalue weighted by molar-refractivity contribution is 6.93. The zero-order valence-corrected chi connectivity index (χ0v) is 17.5. The summed E-state index contributed by atoms with van der Waals surface area (Å²) >= 11 is 0. The van der Waals surface area contributed by atoms with Gasteiger partial charge in [0.2, 0.25) is 0 Å². The maximum Gasteiger partial charge on any atom is 0.330 e. The number of allylic oxidation sites excluding steroid dienone is 1. The number of rotatable bonds is 7. The van der Waals surface area contributed by atoms with Gasteiger partial charge in [-0.1, -0.05) is 43.0 Å². The molecule has 1 atom stereocenters. The molecule has 1 unspecified atom stereocenters. The number of esters is 1. The minimum Gasteiger partial charge on any atom is -0.497 e. The largest absolute Gasteiger partial charge is 0.497 e. The summed E-state index contributed by atoms with van der Waals surface area (Å²) in [5.74, 6) is 0.896. The number of hydrogen-bond acceptors (Lipinski definition) is 4. The van der Waals surface area contributed by atoms with Crippen molar-refractivity contribution in [1.82, 2.24) is 0 Å². The molecule has 1 aromatic carbocycles. The lowest BCUT2D eigenvalue weighted by atomic mass is 9.96. The minimum absolute atomic E-state index is 0.280. The van der Waals surface area contributed by atoms with Crippen molar-refractivity contribution < 1.29 is 19.0 Å². The third-order valence-corrected chi connectivity index (χ3v) is 6.59. The molecule has 0 amide bonds. The fraction of sp³-hybridized carbons (Fsp3) is 0.476. The molecule has 0 radical (unpaired) electrons. The summed E-state index contributed by atoms with van der Waals surface area (Å²) in [6, 6.07) is 8.31. The lowest BCUT2D eigenvalue weighted by molar-refractivity contribution is -0.137. The van der Waals surface area contributed by atoms with Crippen molar-refractivity contribution in [2.24, 2.45) is 5.92 Å². The summed E-state index contributed by atoms with van der Waals surface area (Å²) in [6.07, 6.45) is 4.23. The van der Waals surface area contributed by atoms with Gasteiger partial charge >= 0.3 is 5.97 Å². The third kappa shape index (κ3) is 5.32. The molecular formula is C21H30O4Si. The van der Waals surface area contributed by atoms with Crippen LogP contribution in [-0.2, 0) is 14.3 Å². The van der Waals surface area contributed by atoms with Gasteiger partial charge in [0.1, 0.15) is 5.75 Å². The Bertz CT molecular complexity index is 668. The van der Waals surface area contributed by atoms with E-state index < -0.39 is 8.07 Å². The van der Waals surface area contributed by atoms with E-state index in [1.54, 1.807) is 7.11 Å². The van der Waals surface area contributed by atoms with Crippen molar-refractivity contribution in [3.63, 3.8) is 0 Å². The molecule has 1 aliphatic heterocycles. The average Bonchev–Trinajstić information content (AvgIpc) is 3.02. The van der Waals surface area contributed by atoms with Crippen LogP contribution < -0.4 is 4.74 Å². The smallest absolute Gasteiger partial charge is 0.330 e. The first-order valence-corrected chi connectivity index (χ1v) is 12.7. The monoisotopic (exact) mass is 374 g/mol. The first-order chi connectivity index (χ1) is 12.4. The van der Waals surface area contributed by atoms with Crippen molar-refractivity contribution in [2.45, 2.75) is 33.0 Å². The molecule has 1 heterocycles. The van der Waals surface area contributed by atoms with E-state index in [2.05, 4.69) is 31.8 Å². The Labute approximate surface area is 157 Å². The Morgan fingerprint density at radius 3 is 2.54 bits per heavy atom. The second kappa shape index (κ2) is 9.19. The standard InChI is InChI=1S/C21H30O4Si/c1-6-25-20(22)9-7-8-17-14-24-15-19(17)21(26(3,4)5)16-10-12-18(23-2)13-11-16/h7,9-13,17H,6,8,14-15H2,1-5H3/b9-7+,21-19+. The lowest BCUT2D eigenvalue weighted by Crippen LogP contribution is -2.26. The molecule has 0 spiro atoms. The predicted molar refractivity (Wildman–Crippen MR) is 108 cm³/mol. The van der Waals surface area contributed by atoms with Crippen LogP contribution in [-0.4, -0.2) is 41.0 Å². The van der Waals surface area contributed by atoms with Gasteiger partial charge in [-0.2, -0.15) is 0 Å². The minimum atomic E-state index is -1.59. The van der Waals surface area contributed by atoms with Crippen LogP contribution >= 0.6 is 0 Å². The summed E-state index contributed by atoms with van der Waals surface area (Å²) in [5.41, 5.74) is 2.63. The fourth-order valence-corrected chi connectivity index (χ4v) is 5.67. The van der Waals surface area contributed by atoms with Gasteiger partial charge in [0.25, 0.3) is 0 Å². The molecule has 0 bridgehead atoms. The molecular weight excluding hydrogens is 344 g/mol. The quantitative estimate of drug-likeness (QED) is 0.401. The Morgan fingerprint density at radius 2 is 1.96 bits per heavy atom. The molecule has 142 valence electrons. The van der Waals surface area contributed by atoms with Crippen molar-refractivity contribution in [3.8, 4) is 5.75 Å². The molecule has 5 heteroatoms. The first-order valence-electron chi connectivity index (χ1n) is 9.15. The van der Waals surface area contributed by atoms with Gasteiger partial charge in [-0.05, 0) is 36.6 Å². The predicted octanol–water partition coefficient (Wildman–Crippen LogP) is 4.48. The Kier molecular flexibility index (Phi) is 7.23. The molecule has 26 heavy (non-hydrogen) atoms. The molecule has 1 fully saturated rings. The van der Waals surface area contributed by atoms with Crippen molar-refractivity contribution in [1.29, 1.82) is 0 Å². The third-order valence-electron chi connectivity index (χ3n) is 4.48. The van der Waals surface area contributed by atoms with Gasteiger partial charge < -0.3 is 14.2 Å². The molecule has 0 N–H and O–H groups in total. The van der Waals surface area contributed by atoms with E-state index in [1.165, 1.54) is 22.4 Å². The summed E-state index contributed by atoms with van der Waals surface area (Å²) in [4.78, 5) is 11.5. The van der Waals surface area contributed by atoms with Crippen molar-refractivity contribution >= 4 is 19.2 Å². The molecule has 0 aromatic heterocycles. The van der Waals surface area contributed by atoms with Gasteiger partial charge in [0, 0.05) is 12.0 Å². The molecule has 1 saturated heterocycles. The van der Waals surface area contributed by atoms with Crippen LogP contribution in [0.2, 0.25) is 19.6 Å². The van der Waals surface area contributed by atoms with Crippen LogP contribution in [0.3, 0.4) is 0 Å². The number of methoxy groups -OCH3 is 1. The normalized spacial score (nSPS) is 19.7. The van der Waals surface area contributed by atoms with Crippen LogP contribution in [0, 0.1) is 5.92 Å². The van der Waals surface area contributed by atoms with Crippen LogP contribution in [0.25, 0.3) is 5.20 Å². The molecule has 2 rings (SSSR count). The number of ether oxygens (including phenoxy) is 3. The maximum absolute atomic E-state index is 11.5. The second-order valence-electron chi connectivity index (χ2n) is 7.48. The van der Waals surface area contributed by atoms with E-state index in [9.17, 15) is 4.79 Å². The van der Waals surface area contributed by atoms with E-state index in [0.717, 1.165) is 12.2 Å². The highest BCUT2D eigenvalue weighted by Crippen LogP contribution is 2.37. The highest BCUT2D eigenvalue weighted by Gasteiger charge is 2.31. The Hall–Kier alpha value is -1.85.